The number of furan rings is 1. The third kappa shape index (κ3) is 1.93. The summed E-state index contributed by atoms with van der Waals surface area (Å²) in [5.74, 6) is 0.747. The number of para-hydroxylation sites is 1. The molecule has 0 bridgehead atoms. The van der Waals surface area contributed by atoms with Crippen LogP contribution in [0.5, 0.6) is 0 Å². The number of fused-ring (bicyclic) bond motifs is 4. The number of aryl methyl sites for hydroxylation is 1. The van der Waals surface area contributed by atoms with Crippen LogP contribution in [0.3, 0.4) is 0 Å². The van der Waals surface area contributed by atoms with Crippen LogP contribution in [0.2, 0.25) is 0 Å². The topological polar surface area (TPSA) is 32.5 Å². The third-order valence-corrected chi connectivity index (χ3v) is 5.21. The maximum absolute atomic E-state index is 8.36. The van der Waals surface area contributed by atoms with Gasteiger partial charge in [0.1, 0.15) is 11.7 Å². The van der Waals surface area contributed by atoms with E-state index in [2.05, 4.69) is 35.0 Å². The van der Waals surface area contributed by atoms with Gasteiger partial charge in [0.2, 0.25) is 0 Å². The third-order valence-electron chi connectivity index (χ3n) is 5.21. The van der Waals surface area contributed by atoms with Gasteiger partial charge < -0.3 is 14.2 Å². The molecule has 2 aromatic carbocycles. The molecule has 0 amide bonds. The Labute approximate surface area is 155 Å². The number of hydrogen-bond donors (Lipinski definition) is 0. The predicted octanol–water partition coefficient (Wildman–Crippen LogP) is 5.61. The van der Waals surface area contributed by atoms with E-state index < -0.39 is 6.50 Å². The summed E-state index contributed by atoms with van der Waals surface area (Å²) in [5.41, 5.74) is 4.44. The molecule has 3 heterocycles. The molecule has 1 aliphatic heterocycles. The zero-order chi connectivity index (χ0) is 19.6. The second kappa shape index (κ2) is 5.49. The summed E-state index contributed by atoms with van der Waals surface area (Å²) >= 11 is 0. The molecule has 4 heteroatoms. The molecule has 5 rings (SSSR count). The highest BCUT2D eigenvalue weighted by Gasteiger charge is 2.36. The first-order valence-corrected chi connectivity index (χ1v) is 8.82. The summed E-state index contributed by atoms with van der Waals surface area (Å²) in [6, 6.07) is 16.0. The SMILES string of the molecule is [2H]C([2H])(C)N1c2cccnc2N(c2c(C)ccc3c2oc2ccccc23)C1C. The molecule has 4 nitrogen and oxygen atoms in total. The van der Waals surface area contributed by atoms with E-state index in [1.165, 1.54) is 0 Å². The second-order valence-electron chi connectivity index (χ2n) is 6.65. The van der Waals surface area contributed by atoms with Crippen LogP contribution in [0.15, 0.2) is 59.1 Å². The van der Waals surface area contributed by atoms with Gasteiger partial charge in [0, 0.05) is 26.2 Å². The minimum Gasteiger partial charge on any atom is -0.454 e. The Bertz CT molecular complexity index is 1210. The van der Waals surface area contributed by atoms with E-state index in [4.69, 9.17) is 7.16 Å². The Kier molecular flexibility index (Phi) is 2.80. The number of nitrogens with zero attached hydrogens (tertiary/aromatic N) is 3. The fraction of sp³-hybridized carbons (Fsp3) is 0.227. The minimum atomic E-state index is -1.53. The number of aromatic nitrogens is 1. The molecule has 26 heavy (non-hydrogen) atoms. The van der Waals surface area contributed by atoms with Crippen molar-refractivity contribution in [1.29, 1.82) is 0 Å². The van der Waals surface area contributed by atoms with Crippen LogP contribution in [-0.2, 0) is 0 Å². The van der Waals surface area contributed by atoms with Gasteiger partial charge in [-0.1, -0.05) is 30.3 Å². The van der Waals surface area contributed by atoms with Crippen molar-refractivity contribution < 1.29 is 7.16 Å². The lowest BCUT2D eigenvalue weighted by atomic mass is 10.1. The van der Waals surface area contributed by atoms with Crippen molar-refractivity contribution in [2.75, 3.05) is 16.3 Å². The summed E-state index contributed by atoms with van der Waals surface area (Å²) in [4.78, 5) is 8.48. The molecule has 1 aliphatic rings. The highest BCUT2D eigenvalue weighted by atomic mass is 16.3. The quantitative estimate of drug-likeness (QED) is 0.472. The van der Waals surface area contributed by atoms with Gasteiger partial charge in [-0.25, -0.2) is 4.98 Å². The largest absolute Gasteiger partial charge is 0.454 e. The van der Waals surface area contributed by atoms with Crippen molar-refractivity contribution in [3.8, 4) is 0 Å². The Hall–Kier alpha value is -3.01. The van der Waals surface area contributed by atoms with E-state index in [1.807, 2.05) is 37.3 Å². The molecule has 0 saturated heterocycles. The molecule has 0 fully saturated rings. The van der Waals surface area contributed by atoms with Crippen molar-refractivity contribution in [3.05, 3.63) is 60.3 Å². The van der Waals surface area contributed by atoms with Crippen molar-refractivity contribution in [1.82, 2.24) is 4.98 Å². The molecule has 1 unspecified atom stereocenters. The maximum atomic E-state index is 8.36. The van der Waals surface area contributed by atoms with E-state index in [-0.39, 0.29) is 6.17 Å². The number of anilines is 3. The molecule has 0 spiro atoms. The van der Waals surface area contributed by atoms with Gasteiger partial charge in [-0.2, -0.15) is 0 Å². The number of pyridine rings is 1. The zero-order valence-electron chi connectivity index (χ0n) is 17.0. The summed E-state index contributed by atoms with van der Waals surface area (Å²) in [6.45, 7) is 4.12. The van der Waals surface area contributed by atoms with Crippen molar-refractivity contribution in [2.45, 2.75) is 26.9 Å². The first-order chi connectivity index (χ1) is 13.4. The Morgan fingerprint density at radius 3 is 2.81 bits per heavy atom. The van der Waals surface area contributed by atoms with Gasteiger partial charge in [-0.05, 0) is 44.5 Å². The molecule has 2 aromatic heterocycles. The van der Waals surface area contributed by atoms with Gasteiger partial charge in [-0.3, -0.25) is 0 Å². The fourth-order valence-corrected chi connectivity index (χ4v) is 4.03. The van der Waals surface area contributed by atoms with Crippen LogP contribution in [0.1, 0.15) is 22.2 Å². The van der Waals surface area contributed by atoms with Gasteiger partial charge in [0.25, 0.3) is 0 Å². The second-order valence-corrected chi connectivity index (χ2v) is 6.65. The normalized spacial score (nSPS) is 18.3. The average Bonchev–Trinajstić information content (AvgIpc) is 3.16. The Morgan fingerprint density at radius 1 is 1.12 bits per heavy atom. The van der Waals surface area contributed by atoms with Gasteiger partial charge >= 0.3 is 0 Å². The predicted molar refractivity (Wildman–Crippen MR) is 107 cm³/mol. The van der Waals surface area contributed by atoms with Gasteiger partial charge in [-0.15, -0.1) is 0 Å². The molecule has 1 atom stereocenters. The molecule has 0 N–H and O–H groups in total. The lowest BCUT2D eigenvalue weighted by Crippen LogP contribution is -2.38. The number of rotatable bonds is 2. The van der Waals surface area contributed by atoms with Crippen LogP contribution >= 0.6 is 0 Å². The monoisotopic (exact) mass is 345 g/mol. The van der Waals surface area contributed by atoms with E-state index >= 15 is 0 Å². The molecule has 0 radical (unpaired) electrons. The molecular weight excluding hydrogens is 322 g/mol. The van der Waals surface area contributed by atoms with E-state index in [1.54, 1.807) is 18.0 Å². The minimum absolute atomic E-state index is 0.248. The lowest BCUT2D eigenvalue weighted by Gasteiger charge is -2.29. The lowest BCUT2D eigenvalue weighted by molar-refractivity contribution is 0.655. The van der Waals surface area contributed by atoms with Gasteiger partial charge in [0.05, 0.1) is 11.4 Å². The van der Waals surface area contributed by atoms with E-state index in [0.717, 1.165) is 44.7 Å². The fourth-order valence-electron chi connectivity index (χ4n) is 4.03. The maximum Gasteiger partial charge on any atom is 0.159 e. The average molecular weight is 345 g/mol. The molecular formula is C22H21N3O. The van der Waals surface area contributed by atoms with Crippen LogP contribution in [-0.4, -0.2) is 17.6 Å². The van der Waals surface area contributed by atoms with Crippen molar-refractivity contribution in [2.24, 2.45) is 0 Å². The number of benzene rings is 2. The van der Waals surface area contributed by atoms with Crippen molar-refractivity contribution in [3.63, 3.8) is 0 Å². The first-order valence-electron chi connectivity index (χ1n) is 9.82. The Morgan fingerprint density at radius 2 is 1.96 bits per heavy atom. The smallest absolute Gasteiger partial charge is 0.159 e. The molecule has 4 aromatic rings. The highest BCUT2D eigenvalue weighted by Crippen LogP contribution is 2.47. The standard InChI is InChI=1S/C22H21N3O/c1-4-24-15(3)25(22-18(24)9-7-13-23-22)20-14(2)11-12-17-16-8-5-6-10-19(16)26-21(17)20/h5-13,15H,4H2,1-3H3/i4D2. The van der Waals surface area contributed by atoms with E-state index in [9.17, 15) is 0 Å². The molecule has 130 valence electrons. The van der Waals surface area contributed by atoms with E-state index in [0.29, 0.717) is 0 Å². The summed E-state index contributed by atoms with van der Waals surface area (Å²) < 4.78 is 23.0. The summed E-state index contributed by atoms with van der Waals surface area (Å²) in [7, 11) is 0. The van der Waals surface area contributed by atoms with Crippen LogP contribution in [0.25, 0.3) is 21.9 Å². The van der Waals surface area contributed by atoms with Crippen LogP contribution in [0.4, 0.5) is 17.2 Å². The highest BCUT2D eigenvalue weighted by molar-refractivity contribution is 6.10. The summed E-state index contributed by atoms with van der Waals surface area (Å²) in [5, 5.41) is 2.13. The van der Waals surface area contributed by atoms with Crippen LogP contribution < -0.4 is 9.80 Å². The molecule has 0 aliphatic carbocycles. The Balaban J connectivity index is 1.82. The van der Waals surface area contributed by atoms with Crippen molar-refractivity contribution >= 4 is 39.1 Å². The summed E-state index contributed by atoms with van der Waals surface area (Å²) in [6.07, 6.45) is 1.50. The van der Waals surface area contributed by atoms with Gasteiger partial charge in [0.15, 0.2) is 11.4 Å². The number of hydrogen-bond acceptors (Lipinski definition) is 4. The van der Waals surface area contributed by atoms with Crippen LogP contribution in [0, 0.1) is 6.92 Å². The molecule has 0 saturated carbocycles. The zero-order valence-corrected chi connectivity index (χ0v) is 15.0. The first kappa shape index (κ1) is 13.2.